The average Bonchev–Trinajstić information content (AvgIpc) is 2.63. The van der Waals surface area contributed by atoms with Crippen molar-refractivity contribution in [3.63, 3.8) is 0 Å². The summed E-state index contributed by atoms with van der Waals surface area (Å²) < 4.78 is 0. The lowest BCUT2D eigenvalue weighted by Crippen LogP contribution is -2.36. The second-order valence-corrected chi connectivity index (χ2v) is 5.78. The molecule has 1 aliphatic carbocycles. The van der Waals surface area contributed by atoms with Crippen molar-refractivity contribution < 1.29 is 0 Å². The molecule has 3 atom stereocenters. The Kier molecular flexibility index (Phi) is 4.99. The third-order valence-corrected chi connectivity index (χ3v) is 4.19. The van der Waals surface area contributed by atoms with Crippen LogP contribution in [0.1, 0.15) is 56.2 Å². The lowest BCUT2D eigenvalue weighted by molar-refractivity contribution is 0.361. The van der Waals surface area contributed by atoms with Crippen LogP contribution in [0, 0.1) is 24.2 Å². The van der Waals surface area contributed by atoms with E-state index in [-0.39, 0.29) is 5.92 Å². The standard InChI is InChI=1S/C17H24N2/c1-13-7-6-9-15(11-13)14(2)19-17-10-5-3-4-8-16(17)12-18/h6-7,9,11,14,16-17,19H,3-5,8,10H2,1-2H3/t14-,16?,17?/m1/s1. The molecule has 0 spiro atoms. The lowest BCUT2D eigenvalue weighted by Gasteiger charge is -2.25. The first kappa shape index (κ1) is 14.1. The number of nitriles is 1. The van der Waals surface area contributed by atoms with Gasteiger partial charge in [0.05, 0.1) is 12.0 Å². The van der Waals surface area contributed by atoms with E-state index in [9.17, 15) is 5.26 Å². The smallest absolute Gasteiger partial charge is 0.0672 e. The predicted octanol–water partition coefficient (Wildman–Crippen LogP) is 4.12. The monoisotopic (exact) mass is 256 g/mol. The zero-order valence-electron chi connectivity index (χ0n) is 12.0. The molecule has 2 rings (SSSR count). The molecule has 1 aromatic carbocycles. The number of nitrogens with zero attached hydrogens (tertiary/aromatic N) is 1. The van der Waals surface area contributed by atoms with Gasteiger partial charge in [0, 0.05) is 12.1 Å². The van der Waals surface area contributed by atoms with Crippen LogP contribution in [0.3, 0.4) is 0 Å². The Morgan fingerprint density at radius 1 is 1.26 bits per heavy atom. The maximum absolute atomic E-state index is 9.32. The van der Waals surface area contributed by atoms with Gasteiger partial charge in [0.25, 0.3) is 0 Å². The van der Waals surface area contributed by atoms with Gasteiger partial charge in [-0.15, -0.1) is 0 Å². The summed E-state index contributed by atoms with van der Waals surface area (Å²) in [6.07, 6.45) is 5.91. The Bertz CT molecular complexity index is 447. The third-order valence-electron chi connectivity index (χ3n) is 4.19. The molecular formula is C17H24N2. The first-order chi connectivity index (χ1) is 9.20. The molecule has 0 heterocycles. The van der Waals surface area contributed by atoms with Gasteiger partial charge in [-0.25, -0.2) is 0 Å². The minimum atomic E-state index is 0.176. The van der Waals surface area contributed by atoms with Gasteiger partial charge >= 0.3 is 0 Å². The molecule has 1 saturated carbocycles. The molecule has 1 N–H and O–H groups in total. The largest absolute Gasteiger partial charge is 0.306 e. The SMILES string of the molecule is Cc1cccc([C@@H](C)NC2CCCCCC2C#N)c1. The molecule has 0 radical (unpaired) electrons. The highest BCUT2D eigenvalue weighted by molar-refractivity contribution is 5.24. The predicted molar refractivity (Wildman–Crippen MR) is 78.7 cm³/mol. The van der Waals surface area contributed by atoms with E-state index < -0.39 is 0 Å². The molecule has 0 aromatic heterocycles. The van der Waals surface area contributed by atoms with E-state index in [0.29, 0.717) is 12.1 Å². The zero-order chi connectivity index (χ0) is 13.7. The van der Waals surface area contributed by atoms with Gasteiger partial charge in [0.2, 0.25) is 0 Å². The Labute approximate surface area is 116 Å². The summed E-state index contributed by atoms with van der Waals surface area (Å²) in [5.74, 6) is 0.176. The van der Waals surface area contributed by atoms with Gasteiger partial charge in [-0.05, 0) is 32.3 Å². The minimum absolute atomic E-state index is 0.176. The van der Waals surface area contributed by atoms with Crippen LogP contribution in [-0.2, 0) is 0 Å². The molecule has 2 heteroatoms. The summed E-state index contributed by atoms with van der Waals surface area (Å²) in [6, 6.07) is 11.8. The quantitative estimate of drug-likeness (QED) is 0.826. The molecule has 102 valence electrons. The van der Waals surface area contributed by atoms with Crippen LogP contribution in [0.25, 0.3) is 0 Å². The van der Waals surface area contributed by atoms with E-state index in [1.807, 2.05) is 0 Å². The second-order valence-electron chi connectivity index (χ2n) is 5.78. The van der Waals surface area contributed by atoms with Gasteiger partial charge in [-0.1, -0.05) is 49.1 Å². The van der Waals surface area contributed by atoms with E-state index in [1.165, 1.54) is 30.4 Å². The van der Waals surface area contributed by atoms with Gasteiger partial charge in [-0.2, -0.15) is 5.26 Å². The van der Waals surface area contributed by atoms with E-state index in [0.717, 1.165) is 12.8 Å². The molecule has 0 amide bonds. The van der Waals surface area contributed by atoms with Crippen LogP contribution < -0.4 is 5.32 Å². The molecule has 0 bridgehead atoms. The van der Waals surface area contributed by atoms with Crippen LogP contribution in [0.15, 0.2) is 24.3 Å². The molecule has 19 heavy (non-hydrogen) atoms. The van der Waals surface area contributed by atoms with Gasteiger partial charge in [0.15, 0.2) is 0 Å². The minimum Gasteiger partial charge on any atom is -0.306 e. The van der Waals surface area contributed by atoms with Crippen molar-refractivity contribution in [1.29, 1.82) is 5.26 Å². The fraction of sp³-hybridized carbons (Fsp3) is 0.588. The first-order valence-corrected chi connectivity index (χ1v) is 7.43. The number of hydrogen-bond donors (Lipinski definition) is 1. The number of aryl methyl sites for hydroxylation is 1. The molecule has 0 aliphatic heterocycles. The summed E-state index contributed by atoms with van der Waals surface area (Å²) in [6.45, 7) is 4.33. The van der Waals surface area contributed by atoms with Gasteiger partial charge in [-0.3, -0.25) is 0 Å². The Hall–Kier alpha value is -1.33. The highest BCUT2D eigenvalue weighted by Gasteiger charge is 2.24. The van der Waals surface area contributed by atoms with Crippen molar-refractivity contribution in [2.45, 2.75) is 58.0 Å². The highest BCUT2D eigenvalue weighted by atomic mass is 15.0. The molecule has 1 fully saturated rings. The molecule has 2 nitrogen and oxygen atoms in total. The summed E-state index contributed by atoms with van der Waals surface area (Å²) in [5, 5.41) is 13.0. The summed E-state index contributed by atoms with van der Waals surface area (Å²) in [5.41, 5.74) is 2.62. The van der Waals surface area contributed by atoms with Crippen molar-refractivity contribution >= 4 is 0 Å². The fourth-order valence-electron chi connectivity index (χ4n) is 3.02. The Morgan fingerprint density at radius 2 is 2.05 bits per heavy atom. The summed E-state index contributed by atoms with van der Waals surface area (Å²) in [7, 11) is 0. The normalized spacial score (nSPS) is 25.3. The van der Waals surface area contributed by atoms with Crippen molar-refractivity contribution in [1.82, 2.24) is 5.32 Å². The van der Waals surface area contributed by atoms with Gasteiger partial charge < -0.3 is 5.32 Å². The Morgan fingerprint density at radius 3 is 2.79 bits per heavy atom. The Balaban J connectivity index is 2.04. The van der Waals surface area contributed by atoms with Crippen molar-refractivity contribution in [3.8, 4) is 6.07 Å². The fourth-order valence-corrected chi connectivity index (χ4v) is 3.02. The number of nitrogens with one attached hydrogen (secondary N) is 1. The van der Waals surface area contributed by atoms with Crippen LogP contribution in [0.2, 0.25) is 0 Å². The first-order valence-electron chi connectivity index (χ1n) is 7.43. The van der Waals surface area contributed by atoms with E-state index in [4.69, 9.17) is 0 Å². The van der Waals surface area contributed by atoms with E-state index in [2.05, 4.69) is 49.5 Å². The molecule has 1 aliphatic rings. The second kappa shape index (κ2) is 6.73. The van der Waals surface area contributed by atoms with Crippen LogP contribution in [-0.4, -0.2) is 6.04 Å². The maximum Gasteiger partial charge on any atom is 0.0672 e. The van der Waals surface area contributed by atoms with E-state index in [1.54, 1.807) is 0 Å². The van der Waals surface area contributed by atoms with Gasteiger partial charge in [0.1, 0.15) is 0 Å². The molecule has 2 unspecified atom stereocenters. The molecule has 1 aromatic rings. The lowest BCUT2D eigenvalue weighted by atomic mass is 9.94. The van der Waals surface area contributed by atoms with Crippen molar-refractivity contribution in [2.24, 2.45) is 5.92 Å². The zero-order valence-corrected chi connectivity index (χ0v) is 12.0. The van der Waals surface area contributed by atoms with Crippen molar-refractivity contribution in [3.05, 3.63) is 35.4 Å². The highest BCUT2D eigenvalue weighted by Crippen LogP contribution is 2.25. The summed E-state index contributed by atoms with van der Waals surface area (Å²) in [4.78, 5) is 0. The number of benzene rings is 1. The average molecular weight is 256 g/mol. The van der Waals surface area contributed by atoms with E-state index >= 15 is 0 Å². The number of hydrogen-bond acceptors (Lipinski definition) is 2. The topological polar surface area (TPSA) is 35.8 Å². The van der Waals surface area contributed by atoms with Crippen LogP contribution >= 0.6 is 0 Å². The number of rotatable bonds is 3. The van der Waals surface area contributed by atoms with Crippen molar-refractivity contribution in [2.75, 3.05) is 0 Å². The third kappa shape index (κ3) is 3.81. The maximum atomic E-state index is 9.32. The summed E-state index contributed by atoms with van der Waals surface area (Å²) >= 11 is 0. The van der Waals surface area contributed by atoms with Crippen LogP contribution in [0.4, 0.5) is 0 Å². The molecule has 0 saturated heterocycles. The molecular weight excluding hydrogens is 232 g/mol. The van der Waals surface area contributed by atoms with Crippen LogP contribution in [0.5, 0.6) is 0 Å².